The minimum atomic E-state index is -0.959. The topological polar surface area (TPSA) is 104 Å². The summed E-state index contributed by atoms with van der Waals surface area (Å²) in [6, 6.07) is 8.20. The minimum absolute atomic E-state index is 0.00607. The number of carbonyl (C=O) groups excluding carboxylic acids is 1. The number of terminal acetylenes is 1. The number of β-amino-alcohol motifs (C(OH)–C–C–N with tert-alkyl or cyclic N) is 1. The number of carbonyl (C=O) groups is 1. The summed E-state index contributed by atoms with van der Waals surface area (Å²) in [4.78, 5) is 31.8. The van der Waals surface area contributed by atoms with Crippen LogP contribution in [0.15, 0.2) is 36.5 Å². The zero-order chi connectivity index (χ0) is 34.5. The number of amides is 1. The van der Waals surface area contributed by atoms with Crippen LogP contribution in [0.25, 0.3) is 32.9 Å². The molecule has 5 heterocycles. The third kappa shape index (κ3) is 5.99. The number of pyridine rings is 1. The standard InChI is InChI=1S/C37H40F2N6O4/c1-5-25-28(38)12-11-23-9-6-10-26(29(23)25)31-30(39)32-27(19-40-31)33(44-17-7-14-36(2,47)21-44)42-34(41-32)49-22-37-15-8-18-45(37)24(13-16-37)20-48-35(46)43(3)4/h1,6,9-12,19,24,47H,7-8,13-18,20-22H2,2-4H3/t24-,36-,37-/m1/s1. The normalized spacial score (nSPS) is 23.9. The second-order valence-corrected chi connectivity index (χ2v) is 14.0. The molecule has 0 spiro atoms. The van der Waals surface area contributed by atoms with Crippen molar-refractivity contribution in [2.45, 2.75) is 62.6 Å². The zero-order valence-electron chi connectivity index (χ0n) is 28.0. The molecule has 3 aliphatic rings. The molecule has 2 aromatic carbocycles. The van der Waals surface area contributed by atoms with Crippen molar-refractivity contribution in [3.63, 3.8) is 0 Å². The first-order valence-electron chi connectivity index (χ1n) is 16.8. The highest BCUT2D eigenvalue weighted by molar-refractivity contribution is 6.02. The molecule has 1 N–H and O–H groups in total. The summed E-state index contributed by atoms with van der Waals surface area (Å²) in [5.41, 5.74) is -0.883. The zero-order valence-corrected chi connectivity index (χ0v) is 28.0. The fourth-order valence-electron chi connectivity index (χ4n) is 7.89. The van der Waals surface area contributed by atoms with Crippen molar-refractivity contribution in [3.05, 3.63) is 53.7 Å². The van der Waals surface area contributed by atoms with Gasteiger partial charge in [-0.3, -0.25) is 9.88 Å². The highest BCUT2D eigenvalue weighted by atomic mass is 19.1. The van der Waals surface area contributed by atoms with Crippen LogP contribution in [0, 0.1) is 24.0 Å². The first kappa shape index (κ1) is 32.9. The molecule has 0 bridgehead atoms. The second-order valence-electron chi connectivity index (χ2n) is 14.0. The first-order valence-corrected chi connectivity index (χ1v) is 16.8. The third-order valence-corrected chi connectivity index (χ3v) is 10.3. The molecular weight excluding hydrogens is 630 g/mol. The van der Waals surface area contributed by atoms with Crippen LogP contribution in [0.4, 0.5) is 19.4 Å². The molecule has 3 saturated heterocycles. The van der Waals surface area contributed by atoms with Gasteiger partial charge in [0.25, 0.3) is 0 Å². The Morgan fingerprint density at radius 3 is 2.73 bits per heavy atom. The summed E-state index contributed by atoms with van der Waals surface area (Å²) in [5, 5.41) is 12.4. The van der Waals surface area contributed by atoms with Crippen LogP contribution < -0.4 is 9.64 Å². The second kappa shape index (κ2) is 12.7. The lowest BCUT2D eigenvalue weighted by atomic mass is 9.95. The molecule has 0 saturated carbocycles. The Kier molecular flexibility index (Phi) is 8.53. The lowest BCUT2D eigenvalue weighted by Gasteiger charge is -2.38. The van der Waals surface area contributed by atoms with Crippen LogP contribution in [0.1, 0.15) is 51.0 Å². The molecule has 49 heavy (non-hydrogen) atoms. The Morgan fingerprint density at radius 1 is 1.14 bits per heavy atom. The van der Waals surface area contributed by atoms with Crippen LogP contribution in [0.2, 0.25) is 0 Å². The van der Waals surface area contributed by atoms with E-state index in [0.717, 1.165) is 38.6 Å². The predicted octanol–water partition coefficient (Wildman–Crippen LogP) is 5.53. The summed E-state index contributed by atoms with van der Waals surface area (Å²) in [7, 11) is 3.32. The van der Waals surface area contributed by atoms with Crippen molar-refractivity contribution >= 4 is 33.6 Å². The number of aliphatic hydroxyl groups is 1. The number of nitrogens with zero attached hydrogens (tertiary/aromatic N) is 6. The Bertz CT molecular complexity index is 1980. The van der Waals surface area contributed by atoms with Crippen molar-refractivity contribution in [2.75, 3.05) is 51.8 Å². The van der Waals surface area contributed by atoms with Gasteiger partial charge >= 0.3 is 12.1 Å². The molecule has 0 radical (unpaired) electrons. The van der Waals surface area contributed by atoms with Gasteiger partial charge in [-0.15, -0.1) is 6.42 Å². The fourth-order valence-corrected chi connectivity index (χ4v) is 7.89. The van der Waals surface area contributed by atoms with Gasteiger partial charge in [-0.2, -0.15) is 9.97 Å². The average Bonchev–Trinajstić information content (AvgIpc) is 3.65. The van der Waals surface area contributed by atoms with E-state index in [0.29, 0.717) is 53.7 Å². The summed E-state index contributed by atoms with van der Waals surface area (Å²) in [6.07, 6.45) is 11.8. The van der Waals surface area contributed by atoms with Crippen molar-refractivity contribution in [1.82, 2.24) is 24.8 Å². The SMILES string of the molecule is C#Cc1c(F)ccc2cccc(-c3ncc4c(N5CCC[C@@](C)(O)C5)nc(OC[C@]56CCCN5[C@@H](COC(=O)N(C)C)CC6)nc4c3F)c12. The Hall–Kier alpha value is -4.60. The number of hydrogen-bond donors (Lipinski definition) is 1. The summed E-state index contributed by atoms with van der Waals surface area (Å²) >= 11 is 0. The molecule has 1 amide bonds. The van der Waals surface area contributed by atoms with Gasteiger partial charge in [0.2, 0.25) is 0 Å². The Balaban J connectivity index is 1.28. The lowest BCUT2D eigenvalue weighted by Crippen LogP contribution is -2.48. The van der Waals surface area contributed by atoms with E-state index in [4.69, 9.17) is 20.9 Å². The maximum absolute atomic E-state index is 16.8. The van der Waals surface area contributed by atoms with Gasteiger partial charge in [-0.25, -0.2) is 13.6 Å². The molecule has 0 unspecified atom stereocenters. The molecule has 7 rings (SSSR count). The number of hydrogen-bond acceptors (Lipinski definition) is 9. The summed E-state index contributed by atoms with van der Waals surface area (Å²) in [5.74, 6) is 1.56. The van der Waals surface area contributed by atoms with E-state index in [-0.39, 0.29) is 47.1 Å². The van der Waals surface area contributed by atoms with Crippen molar-refractivity contribution in [1.29, 1.82) is 0 Å². The number of fused-ring (bicyclic) bond motifs is 3. The number of anilines is 1. The van der Waals surface area contributed by atoms with Gasteiger partial charge in [-0.05, 0) is 63.4 Å². The number of aromatic nitrogens is 3. The first-order chi connectivity index (χ1) is 23.5. The maximum atomic E-state index is 16.8. The van der Waals surface area contributed by atoms with E-state index in [9.17, 15) is 14.3 Å². The molecule has 0 aliphatic carbocycles. The number of benzene rings is 2. The van der Waals surface area contributed by atoms with E-state index in [1.807, 2.05) is 4.90 Å². The van der Waals surface area contributed by atoms with Crippen molar-refractivity contribution in [2.24, 2.45) is 0 Å². The Labute approximate surface area is 284 Å². The van der Waals surface area contributed by atoms with Gasteiger partial charge in [0.05, 0.1) is 22.1 Å². The summed E-state index contributed by atoms with van der Waals surface area (Å²) < 4.78 is 43.6. The van der Waals surface area contributed by atoms with Crippen molar-refractivity contribution in [3.8, 4) is 29.6 Å². The number of piperidine rings is 1. The molecule has 3 fully saturated rings. The third-order valence-electron chi connectivity index (χ3n) is 10.3. The van der Waals surface area contributed by atoms with E-state index in [2.05, 4.69) is 20.8 Å². The predicted molar refractivity (Wildman–Crippen MR) is 182 cm³/mol. The van der Waals surface area contributed by atoms with Gasteiger partial charge in [0, 0.05) is 50.4 Å². The molecule has 10 nitrogen and oxygen atoms in total. The quantitative estimate of drug-likeness (QED) is 0.254. The highest BCUT2D eigenvalue weighted by Gasteiger charge is 2.50. The van der Waals surface area contributed by atoms with Crippen molar-refractivity contribution < 1.29 is 28.2 Å². The van der Waals surface area contributed by atoms with Crippen LogP contribution >= 0.6 is 0 Å². The van der Waals surface area contributed by atoms with Gasteiger partial charge in [0.15, 0.2) is 5.82 Å². The largest absolute Gasteiger partial charge is 0.461 e. The van der Waals surface area contributed by atoms with Gasteiger partial charge in [0.1, 0.15) is 36.1 Å². The lowest BCUT2D eigenvalue weighted by molar-refractivity contribution is 0.0442. The van der Waals surface area contributed by atoms with E-state index < -0.39 is 17.2 Å². The number of rotatable bonds is 7. The smallest absolute Gasteiger partial charge is 0.409 e. The molecule has 4 aromatic rings. The van der Waals surface area contributed by atoms with Crippen LogP contribution in [-0.2, 0) is 4.74 Å². The van der Waals surface area contributed by atoms with E-state index in [1.165, 1.54) is 17.2 Å². The molecule has 12 heteroatoms. The molecule has 3 aliphatic heterocycles. The molecule has 3 atom stereocenters. The highest BCUT2D eigenvalue weighted by Crippen LogP contribution is 2.43. The van der Waals surface area contributed by atoms with Crippen LogP contribution in [-0.4, -0.2) is 100 Å². The van der Waals surface area contributed by atoms with E-state index in [1.54, 1.807) is 45.3 Å². The molecule has 256 valence electrons. The molecular formula is C37H40F2N6O4. The Morgan fingerprint density at radius 2 is 1.96 bits per heavy atom. The number of ether oxygens (including phenoxy) is 2. The van der Waals surface area contributed by atoms with E-state index >= 15 is 4.39 Å². The number of halogens is 2. The monoisotopic (exact) mass is 670 g/mol. The van der Waals surface area contributed by atoms with Gasteiger partial charge < -0.3 is 24.4 Å². The van der Waals surface area contributed by atoms with Crippen LogP contribution in [0.3, 0.4) is 0 Å². The van der Waals surface area contributed by atoms with Gasteiger partial charge in [-0.1, -0.05) is 30.2 Å². The molecule has 2 aromatic heterocycles. The summed E-state index contributed by atoms with van der Waals surface area (Å²) in [6.45, 7) is 4.10. The maximum Gasteiger partial charge on any atom is 0.409 e. The minimum Gasteiger partial charge on any atom is -0.461 e. The fraction of sp³-hybridized carbons (Fsp3) is 0.459. The average molecular weight is 671 g/mol. The van der Waals surface area contributed by atoms with Crippen LogP contribution in [0.5, 0.6) is 6.01 Å².